The number of halogens is 1. The Kier molecular flexibility index (Phi) is 3.48. The van der Waals surface area contributed by atoms with Crippen LogP contribution in [0.1, 0.15) is 5.82 Å². The summed E-state index contributed by atoms with van der Waals surface area (Å²) in [4.78, 5) is 0. The van der Waals surface area contributed by atoms with Crippen LogP contribution < -0.4 is 4.72 Å². The number of hydrogen-bond acceptors (Lipinski definition) is 5. The zero-order valence-corrected chi connectivity index (χ0v) is 11.0. The van der Waals surface area contributed by atoms with Crippen LogP contribution in [-0.2, 0) is 10.0 Å². The lowest BCUT2D eigenvalue weighted by Crippen LogP contribution is -2.13. The van der Waals surface area contributed by atoms with Crippen molar-refractivity contribution in [2.45, 2.75) is 6.92 Å². The number of rotatable bonds is 4. The van der Waals surface area contributed by atoms with Crippen LogP contribution in [0.2, 0.25) is 0 Å². The molecule has 0 atom stereocenters. The first-order chi connectivity index (χ1) is 8.52. The fraction of sp³-hybridized carbons (Fsp3) is 0.222. The van der Waals surface area contributed by atoms with Gasteiger partial charge in [0.1, 0.15) is 5.21 Å². The van der Waals surface area contributed by atoms with Crippen LogP contribution >= 0.6 is 11.6 Å². The third-order valence-corrected chi connectivity index (χ3v) is 3.83. The highest BCUT2D eigenvalue weighted by Crippen LogP contribution is 2.16. The van der Waals surface area contributed by atoms with Gasteiger partial charge in [-0.15, -0.1) is 16.7 Å². The standard InChI is InChI=1S/C9H10ClN5O2S/c1-7-11-13-14-15(7)9-4-2-3-8(5-9)12-18(16,17)6-10/h2-5,12H,6H2,1H3. The first kappa shape index (κ1) is 12.8. The van der Waals surface area contributed by atoms with Crippen molar-refractivity contribution in [3.05, 3.63) is 30.1 Å². The fourth-order valence-electron chi connectivity index (χ4n) is 1.38. The fourth-order valence-corrected chi connectivity index (χ4v) is 2.08. The molecule has 1 heterocycles. The molecule has 0 amide bonds. The summed E-state index contributed by atoms with van der Waals surface area (Å²) >= 11 is 5.32. The van der Waals surface area contributed by atoms with Gasteiger partial charge < -0.3 is 0 Å². The predicted molar refractivity (Wildman–Crippen MR) is 67.2 cm³/mol. The number of aryl methyl sites for hydroxylation is 1. The molecule has 1 N–H and O–H groups in total. The van der Waals surface area contributed by atoms with E-state index in [1.54, 1.807) is 31.2 Å². The van der Waals surface area contributed by atoms with Crippen molar-refractivity contribution < 1.29 is 8.42 Å². The summed E-state index contributed by atoms with van der Waals surface area (Å²) in [5.74, 6) is 0.604. The van der Waals surface area contributed by atoms with E-state index in [2.05, 4.69) is 20.2 Å². The van der Waals surface area contributed by atoms with E-state index in [0.717, 1.165) is 0 Å². The van der Waals surface area contributed by atoms with Crippen molar-refractivity contribution in [1.29, 1.82) is 0 Å². The Hall–Kier alpha value is -1.67. The lowest BCUT2D eigenvalue weighted by Gasteiger charge is -2.07. The van der Waals surface area contributed by atoms with Crippen LogP contribution in [0.25, 0.3) is 5.69 Å². The molecule has 96 valence electrons. The highest BCUT2D eigenvalue weighted by molar-refractivity contribution is 7.93. The summed E-state index contributed by atoms with van der Waals surface area (Å²) in [5.41, 5.74) is 1.07. The maximum absolute atomic E-state index is 11.3. The Morgan fingerprint density at radius 1 is 1.44 bits per heavy atom. The molecular weight excluding hydrogens is 278 g/mol. The maximum Gasteiger partial charge on any atom is 0.246 e. The van der Waals surface area contributed by atoms with Crippen molar-refractivity contribution in [2.24, 2.45) is 0 Å². The molecular formula is C9H10ClN5O2S. The van der Waals surface area contributed by atoms with E-state index < -0.39 is 15.2 Å². The van der Waals surface area contributed by atoms with E-state index in [1.165, 1.54) is 4.68 Å². The smallest absolute Gasteiger partial charge is 0.246 e. The molecule has 0 saturated carbocycles. The monoisotopic (exact) mass is 287 g/mol. The Labute approximate surface area is 109 Å². The van der Waals surface area contributed by atoms with Crippen LogP contribution in [-0.4, -0.2) is 33.8 Å². The van der Waals surface area contributed by atoms with E-state index in [9.17, 15) is 8.42 Å². The molecule has 0 aliphatic heterocycles. The lowest BCUT2D eigenvalue weighted by molar-refractivity contribution is 0.605. The Bertz CT molecular complexity index is 654. The second-order valence-corrected chi connectivity index (χ2v) is 5.82. The topological polar surface area (TPSA) is 89.8 Å². The van der Waals surface area contributed by atoms with Crippen LogP contribution in [0, 0.1) is 6.92 Å². The SMILES string of the molecule is Cc1nnnn1-c1cccc(NS(=O)(=O)CCl)c1. The minimum atomic E-state index is -3.51. The highest BCUT2D eigenvalue weighted by atomic mass is 35.5. The van der Waals surface area contributed by atoms with E-state index in [-0.39, 0.29) is 0 Å². The molecule has 0 spiro atoms. The van der Waals surface area contributed by atoms with E-state index in [4.69, 9.17) is 11.6 Å². The minimum Gasteiger partial charge on any atom is -0.282 e. The minimum absolute atomic E-state index is 0.406. The lowest BCUT2D eigenvalue weighted by atomic mass is 10.3. The van der Waals surface area contributed by atoms with Gasteiger partial charge in [0.2, 0.25) is 10.0 Å². The predicted octanol–water partition coefficient (Wildman–Crippen LogP) is 0.909. The molecule has 1 aromatic carbocycles. The number of nitrogens with one attached hydrogen (secondary N) is 1. The highest BCUT2D eigenvalue weighted by Gasteiger charge is 2.09. The molecule has 2 rings (SSSR count). The van der Waals surface area contributed by atoms with E-state index in [1.807, 2.05) is 0 Å². The van der Waals surface area contributed by atoms with Crippen LogP contribution in [0.5, 0.6) is 0 Å². The van der Waals surface area contributed by atoms with Crippen LogP contribution in [0.3, 0.4) is 0 Å². The third-order valence-electron chi connectivity index (χ3n) is 2.13. The average molecular weight is 288 g/mol. The van der Waals surface area contributed by atoms with Crippen molar-refractivity contribution in [1.82, 2.24) is 20.2 Å². The van der Waals surface area contributed by atoms with E-state index in [0.29, 0.717) is 17.2 Å². The van der Waals surface area contributed by atoms with Gasteiger partial charge in [-0.25, -0.2) is 8.42 Å². The van der Waals surface area contributed by atoms with Gasteiger partial charge in [-0.1, -0.05) is 6.07 Å². The summed E-state index contributed by atoms with van der Waals surface area (Å²) in [7, 11) is -3.51. The third kappa shape index (κ3) is 2.77. The van der Waals surface area contributed by atoms with Gasteiger partial charge >= 0.3 is 0 Å². The molecule has 0 radical (unpaired) electrons. The second kappa shape index (κ2) is 4.91. The largest absolute Gasteiger partial charge is 0.282 e. The van der Waals surface area contributed by atoms with Crippen molar-refractivity contribution in [3.8, 4) is 5.69 Å². The van der Waals surface area contributed by atoms with Gasteiger partial charge in [-0.2, -0.15) is 4.68 Å². The average Bonchev–Trinajstić information content (AvgIpc) is 2.75. The van der Waals surface area contributed by atoms with Gasteiger partial charge in [-0.3, -0.25) is 4.72 Å². The van der Waals surface area contributed by atoms with Gasteiger partial charge in [0.05, 0.1) is 11.4 Å². The molecule has 0 fully saturated rings. The molecule has 0 unspecified atom stereocenters. The molecule has 7 nitrogen and oxygen atoms in total. The van der Waals surface area contributed by atoms with Gasteiger partial charge in [-0.05, 0) is 35.5 Å². The molecule has 1 aromatic heterocycles. The summed E-state index contributed by atoms with van der Waals surface area (Å²) < 4.78 is 26.5. The molecule has 0 saturated heterocycles. The number of alkyl halides is 1. The number of nitrogens with zero attached hydrogens (tertiary/aromatic N) is 4. The maximum atomic E-state index is 11.3. The molecule has 0 bridgehead atoms. The zero-order chi connectivity index (χ0) is 13.2. The first-order valence-corrected chi connectivity index (χ1v) is 7.12. The molecule has 2 aromatic rings. The number of anilines is 1. The Morgan fingerprint density at radius 2 is 2.22 bits per heavy atom. The number of aromatic nitrogens is 4. The quantitative estimate of drug-likeness (QED) is 0.844. The number of benzene rings is 1. The molecule has 9 heteroatoms. The molecule has 0 aliphatic carbocycles. The van der Waals surface area contributed by atoms with Crippen LogP contribution in [0.15, 0.2) is 24.3 Å². The first-order valence-electron chi connectivity index (χ1n) is 4.94. The number of hydrogen-bond donors (Lipinski definition) is 1. The zero-order valence-electron chi connectivity index (χ0n) is 9.41. The van der Waals surface area contributed by atoms with Crippen molar-refractivity contribution in [3.63, 3.8) is 0 Å². The second-order valence-electron chi connectivity index (χ2n) is 3.51. The molecule has 0 aliphatic rings. The summed E-state index contributed by atoms with van der Waals surface area (Å²) in [6, 6.07) is 6.70. The Morgan fingerprint density at radius 3 is 2.83 bits per heavy atom. The normalized spacial score (nSPS) is 11.4. The summed E-state index contributed by atoms with van der Waals surface area (Å²) in [5, 5.41) is 10.6. The molecule has 18 heavy (non-hydrogen) atoms. The van der Waals surface area contributed by atoms with E-state index >= 15 is 0 Å². The van der Waals surface area contributed by atoms with Crippen molar-refractivity contribution >= 4 is 27.3 Å². The van der Waals surface area contributed by atoms with Gasteiger partial charge in [0, 0.05) is 0 Å². The summed E-state index contributed by atoms with van der Waals surface area (Å²) in [6.45, 7) is 1.75. The number of tetrazole rings is 1. The van der Waals surface area contributed by atoms with Gasteiger partial charge in [0.15, 0.2) is 5.82 Å². The van der Waals surface area contributed by atoms with Crippen LogP contribution in [0.4, 0.5) is 5.69 Å². The number of sulfonamides is 1. The Balaban J connectivity index is 2.35. The summed E-state index contributed by atoms with van der Waals surface area (Å²) in [6.07, 6.45) is 0. The van der Waals surface area contributed by atoms with Gasteiger partial charge in [0.25, 0.3) is 0 Å². The van der Waals surface area contributed by atoms with Crippen molar-refractivity contribution in [2.75, 3.05) is 9.93 Å².